The summed E-state index contributed by atoms with van der Waals surface area (Å²) in [5, 5.41) is 12.0. The lowest BCUT2D eigenvalue weighted by molar-refractivity contribution is 0.690. The van der Waals surface area contributed by atoms with Gasteiger partial charge >= 0.3 is 0 Å². The molecule has 0 saturated carbocycles. The van der Waals surface area contributed by atoms with E-state index in [-0.39, 0.29) is 0 Å². The first kappa shape index (κ1) is 18.0. The van der Waals surface area contributed by atoms with Gasteiger partial charge in [0.1, 0.15) is 5.02 Å². The van der Waals surface area contributed by atoms with Gasteiger partial charge in [0.2, 0.25) is 0 Å². The minimum Gasteiger partial charge on any atom is -0.331 e. The Morgan fingerprint density at radius 3 is 2.48 bits per heavy atom. The minimum absolute atomic E-state index is 0.316. The highest BCUT2D eigenvalue weighted by Gasteiger charge is 2.11. The molecule has 0 radical (unpaired) electrons. The molecule has 4 nitrogen and oxygen atoms in total. The number of anilines is 2. The number of thiocarbonyl (C=S) groups is 1. The molecule has 0 atom stereocenters. The van der Waals surface area contributed by atoms with Crippen LogP contribution >= 0.6 is 47.0 Å². The zero-order valence-electron chi connectivity index (χ0n) is 12.8. The van der Waals surface area contributed by atoms with Crippen LogP contribution in [0.15, 0.2) is 54.7 Å². The zero-order valence-corrected chi connectivity index (χ0v) is 15.9. The molecule has 0 spiro atoms. The molecule has 0 aliphatic heterocycles. The van der Waals surface area contributed by atoms with E-state index in [9.17, 15) is 0 Å². The predicted octanol–water partition coefficient (Wildman–Crippen LogP) is 5.70. The van der Waals surface area contributed by atoms with Gasteiger partial charge in [-0.05, 0) is 29.9 Å². The lowest BCUT2D eigenvalue weighted by atomic mass is 10.2. The molecule has 8 heteroatoms. The zero-order chi connectivity index (χ0) is 17.8. The summed E-state index contributed by atoms with van der Waals surface area (Å²) in [7, 11) is 0. The SMILES string of the molecule is S=C(Nc1cccc(Cl)c1Cl)Nc1nn(Cc2ccccc2)cc1Cl. The van der Waals surface area contributed by atoms with Gasteiger partial charge in [-0.1, -0.05) is 71.2 Å². The van der Waals surface area contributed by atoms with Crippen molar-refractivity contribution in [1.82, 2.24) is 9.78 Å². The summed E-state index contributed by atoms with van der Waals surface area (Å²) in [4.78, 5) is 0. The number of hydrogen-bond donors (Lipinski definition) is 2. The Labute approximate surface area is 165 Å². The van der Waals surface area contributed by atoms with E-state index >= 15 is 0 Å². The molecule has 0 amide bonds. The van der Waals surface area contributed by atoms with E-state index in [1.165, 1.54) is 0 Å². The van der Waals surface area contributed by atoms with Crippen molar-refractivity contribution in [2.24, 2.45) is 0 Å². The Bertz CT molecular complexity index is 896. The summed E-state index contributed by atoms with van der Waals surface area (Å²) in [5.41, 5.74) is 1.73. The third-order valence-electron chi connectivity index (χ3n) is 3.34. The number of aromatic nitrogens is 2. The summed E-state index contributed by atoms with van der Waals surface area (Å²) in [6.07, 6.45) is 1.74. The van der Waals surface area contributed by atoms with Crippen LogP contribution in [0.3, 0.4) is 0 Å². The third kappa shape index (κ3) is 4.64. The van der Waals surface area contributed by atoms with Crippen LogP contribution in [0.25, 0.3) is 0 Å². The maximum absolute atomic E-state index is 6.23. The lowest BCUT2D eigenvalue weighted by Gasteiger charge is -2.11. The van der Waals surface area contributed by atoms with E-state index in [0.717, 1.165) is 5.56 Å². The molecule has 128 valence electrons. The Morgan fingerprint density at radius 1 is 0.960 bits per heavy atom. The fraction of sp³-hybridized carbons (Fsp3) is 0.0588. The van der Waals surface area contributed by atoms with E-state index in [1.54, 1.807) is 29.1 Å². The molecule has 3 aromatic rings. The van der Waals surface area contributed by atoms with E-state index in [2.05, 4.69) is 15.7 Å². The van der Waals surface area contributed by atoms with Crippen LogP contribution in [-0.2, 0) is 6.54 Å². The maximum atomic E-state index is 6.23. The first-order chi connectivity index (χ1) is 12.0. The average Bonchev–Trinajstić information content (AvgIpc) is 2.92. The van der Waals surface area contributed by atoms with Crippen LogP contribution in [0.1, 0.15) is 5.56 Å². The number of nitrogens with one attached hydrogen (secondary N) is 2. The Balaban J connectivity index is 1.68. The molecule has 1 aromatic heterocycles. The van der Waals surface area contributed by atoms with E-state index in [4.69, 9.17) is 47.0 Å². The van der Waals surface area contributed by atoms with Gasteiger partial charge in [-0.25, -0.2) is 0 Å². The normalized spacial score (nSPS) is 10.5. The van der Waals surface area contributed by atoms with Gasteiger partial charge in [0.25, 0.3) is 0 Å². The lowest BCUT2D eigenvalue weighted by Crippen LogP contribution is -2.20. The fourth-order valence-electron chi connectivity index (χ4n) is 2.19. The molecule has 0 aliphatic carbocycles. The number of hydrogen-bond acceptors (Lipinski definition) is 2. The summed E-state index contributed by atoms with van der Waals surface area (Å²) in [5.74, 6) is 0.466. The van der Waals surface area contributed by atoms with Crippen molar-refractivity contribution < 1.29 is 0 Å². The van der Waals surface area contributed by atoms with Gasteiger partial charge in [0.15, 0.2) is 10.9 Å². The second-order valence-electron chi connectivity index (χ2n) is 5.19. The molecule has 0 aliphatic rings. The van der Waals surface area contributed by atoms with Crippen LogP contribution in [0.5, 0.6) is 0 Å². The topological polar surface area (TPSA) is 41.9 Å². The van der Waals surface area contributed by atoms with Crippen molar-refractivity contribution in [3.05, 3.63) is 75.4 Å². The van der Waals surface area contributed by atoms with Gasteiger partial charge in [-0.3, -0.25) is 4.68 Å². The molecule has 0 saturated heterocycles. The number of benzene rings is 2. The van der Waals surface area contributed by atoms with Gasteiger partial charge < -0.3 is 10.6 Å². The monoisotopic (exact) mass is 410 g/mol. The summed E-state index contributed by atoms with van der Waals surface area (Å²) in [6, 6.07) is 15.2. The molecular formula is C17H13Cl3N4S. The first-order valence-electron chi connectivity index (χ1n) is 7.32. The molecule has 0 unspecified atom stereocenters. The predicted molar refractivity (Wildman–Crippen MR) is 109 cm³/mol. The minimum atomic E-state index is 0.316. The molecule has 0 fully saturated rings. The molecule has 0 bridgehead atoms. The average molecular weight is 412 g/mol. The Morgan fingerprint density at radius 2 is 1.72 bits per heavy atom. The Hall–Kier alpha value is -1.79. The first-order valence-corrected chi connectivity index (χ1v) is 8.86. The van der Waals surface area contributed by atoms with Crippen molar-refractivity contribution in [3.63, 3.8) is 0 Å². The fourth-order valence-corrected chi connectivity index (χ4v) is 2.95. The van der Waals surface area contributed by atoms with E-state index < -0.39 is 0 Å². The summed E-state index contributed by atoms with van der Waals surface area (Å²) >= 11 is 23.7. The quantitative estimate of drug-likeness (QED) is 0.540. The van der Waals surface area contributed by atoms with Gasteiger partial charge in [-0.15, -0.1) is 0 Å². The number of halogens is 3. The van der Waals surface area contributed by atoms with Crippen molar-refractivity contribution in [2.45, 2.75) is 6.54 Å². The van der Waals surface area contributed by atoms with Crippen LogP contribution in [0.4, 0.5) is 11.5 Å². The number of rotatable bonds is 4. The van der Waals surface area contributed by atoms with Gasteiger partial charge in [0, 0.05) is 6.20 Å². The van der Waals surface area contributed by atoms with E-state index in [1.807, 2.05) is 30.3 Å². The molecular weight excluding hydrogens is 399 g/mol. The van der Waals surface area contributed by atoms with Crippen LogP contribution in [-0.4, -0.2) is 14.9 Å². The second-order valence-corrected chi connectivity index (χ2v) is 6.79. The van der Waals surface area contributed by atoms with Crippen LogP contribution in [0, 0.1) is 0 Å². The summed E-state index contributed by atoms with van der Waals surface area (Å²) in [6.45, 7) is 0.614. The largest absolute Gasteiger partial charge is 0.331 e. The van der Waals surface area contributed by atoms with Crippen molar-refractivity contribution in [3.8, 4) is 0 Å². The summed E-state index contributed by atoms with van der Waals surface area (Å²) < 4.78 is 1.75. The highest BCUT2D eigenvalue weighted by atomic mass is 35.5. The maximum Gasteiger partial charge on any atom is 0.176 e. The van der Waals surface area contributed by atoms with Crippen LogP contribution < -0.4 is 10.6 Å². The third-order valence-corrected chi connectivity index (χ3v) is 4.64. The van der Waals surface area contributed by atoms with Crippen molar-refractivity contribution >= 4 is 63.6 Å². The molecule has 3 rings (SSSR count). The highest BCUT2D eigenvalue weighted by molar-refractivity contribution is 7.80. The van der Waals surface area contributed by atoms with Gasteiger partial charge in [-0.2, -0.15) is 5.10 Å². The number of nitrogens with zero attached hydrogens (tertiary/aromatic N) is 2. The highest BCUT2D eigenvalue weighted by Crippen LogP contribution is 2.29. The smallest absolute Gasteiger partial charge is 0.176 e. The second kappa shape index (κ2) is 8.06. The molecule has 25 heavy (non-hydrogen) atoms. The molecule has 2 N–H and O–H groups in total. The molecule has 2 aromatic carbocycles. The standard InChI is InChI=1S/C17H13Cl3N4S/c18-12-7-4-8-14(15(12)20)21-17(25)22-16-13(19)10-24(23-16)9-11-5-2-1-3-6-11/h1-8,10H,9H2,(H2,21,22,23,25). The van der Waals surface area contributed by atoms with Crippen molar-refractivity contribution in [2.75, 3.05) is 10.6 Å². The Kier molecular flexibility index (Phi) is 5.81. The van der Waals surface area contributed by atoms with Crippen LogP contribution in [0.2, 0.25) is 15.1 Å². The van der Waals surface area contributed by atoms with Crippen molar-refractivity contribution in [1.29, 1.82) is 0 Å². The van der Waals surface area contributed by atoms with E-state index in [0.29, 0.717) is 38.2 Å². The molecule has 1 heterocycles. The van der Waals surface area contributed by atoms with Gasteiger partial charge in [0.05, 0.1) is 22.3 Å².